The Balaban J connectivity index is 1.15. The molecular formula is C30H27N3O6. The van der Waals surface area contributed by atoms with Crippen LogP contribution >= 0.6 is 0 Å². The molecule has 0 spiro atoms. The van der Waals surface area contributed by atoms with Gasteiger partial charge in [0.25, 0.3) is 11.8 Å². The van der Waals surface area contributed by atoms with Crippen LogP contribution in [0.15, 0.2) is 84.0 Å². The first kappa shape index (κ1) is 25.6. The highest BCUT2D eigenvalue weighted by atomic mass is 16.7. The number of hydrogen-bond donors (Lipinski definition) is 2. The van der Waals surface area contributed by atoms with Gasteiger partial charge in [0.05, 0.1) is 19.4 Å². The number of hydrazone groups is 1. The number of nitrogens with one attached hydrogen (secondary N) is 2. The molecule has 1 aliphatic heterocycles. The van der Waals surface area contributed by atoms with Crippen LogP contribution in [0.25, 0.3) is 10.8 Å². The molecule has 4 aromatic rings. The molecule has 0 fully saturated rings. The van der Waals surface area contributed by atoms with E-state index >= 15 is 0 Å². The Morgan fingerprint density at radius 1 is 0.923 bits per heavy atom. The van der Waals surface area contributed by atoms with E-state index in [4.69, 9.17) is 18.9 Å². The lowest BCUT2D eigenvalue weighted by Crippen LogP contribution is -2.34. The van der Waals surface area contributed by atoms with Gasteiger partial charge < -0.3 is 24.3 Å². The zero-order valence-corrected chi connectivity index (χ0v) is 21.3. The minimum absolute atomic E-state index is 0.119. The molecule has 2 N–H and O–H groups in total. The number of ether oxygens (including phenoxy) is 4. The fraction of sp³-hybridized carbons (Fsp3) is 0.167. The number of hydrogen-bond acceptors (Lipinski definition) is 7. The van der Waals surface area contributed by atoms with Gasteiger partial charge in [0.15, 0.2) is 23.0 Å². The minimum atomic E-state index is -0.472. The minimum Gasteiger partial charge on any atom is -0.490 e. The molecule has 2 amide bonds. The molecule has 1 aliphatic rings. The topological polar surface area (TPSA) is 107 Å². The lowest BCUT2D eigenvalue weighted by Gasteiger charge is -2.13. The van der Waals surface area contributed by atoms with Crippen LogP contribution < -0.4 is 29.7 Å². The predicted octanol–water partition coefficient (Wildman–Crippen LogP) is 4.43. The third-order valence-electron chi connectivity index (χ3n) is 5.98. The van der Waals surface area contributed by atoms with Gasteiger partial charge in [-0.05, 0) is 65.2 Å². The molecule has 0 aromatic heterocycles. The molecule has 39 heavy (non-hydrogen) atoms. The molecule has 0 bridgehead atoms. The van der Waals surface area contributed by atoms with Gasteiger partial charge in [-0.1, -0.05) is 42.5 Å². The maximum absolute atomic E-state index is 12.3. The molecular weight excluding hydrogens is 498 g/mol. The van der Waals surface area contributed by atoms with Crippen molar-refractivity contribution >= 4 is 28.8 Å². The van der Waals surface area contributed by atoms with E-state index in [1.165, 1.54) is 6.21 Å². The van der Waals surface area contributed by atoms with Gasteiger partial charge in [0.2, 0.25) is 6.79 Å². The number of carbonyl (C=O) groups excluding carboxylic acids is 2. The molecule has 0 unspecified atom stereocenters. The van der Waals surface area contributed by atoms with Crippen LogP contribution in [0.4, 0.5) is 0 Å². The monoisotopic (exact) mass is 525 g/mol. The quantitative estimate of drug-likeness (QED) is 0.234. The second-order valence-corrected chi connectivity index (χ2v) is 8.61. The summed E-state index contributed by atoms with van der Waals surface area (Å²) in [7, 11) is 0. The molecule has 1 heterocycles. The fourth-order valence-corrected chi connectivity index (χ4v) is 4.09. The Bertz CT molecular complexity index is 1530. The van der Waals surface area contributed by atoms with Crippen molar-refractivity contribution in [3.63, 3.8) is 0 Å². The van der Waals surface area contributed by atoms with E-state index < -0.39 is 11.8 Å². The summed E-state index contributed by atoms with van der Waals surface area (Å²) in [5.41, 5.74) is 4.56. The molecule has 0 saturated carbocycles. The summed E-state index contributed by atoms with van der Waals surface area (Å²) in [6, 6.07) is 24.6. The first-order valence-electron chi connectivity index (χ1n) is 12.5. The van der Waals surface area contributed by atoms with Gasteiger partial charge >= 0.3 is 0 Å². The van der Waals surface area contributed by atoms with E-state index in [1.54, 1.807) is 24.3 Å². The first-order chi connectivity index (χ1) is 19.1. The lowest BCUT2D eigenvalue weighted by atomic mass is 10.1. The second kappa shape index (κ2) is 12.0. The molecule has 0 saturated heterocycles. The smallest absolute Gasteiger partial charge is 0.259 e. The standard InChI is InChI=1S/C30H27N3O6/c1-2-36-27-14-20(10-12-25(27)37-18-23-8-5-7-21-6-3-4-9-24(21)23)16-32-33-29(34)17-31-30(35)22-11-13-26-28(15-22)39-19-38-26/h3-16H,2,17-19H2,1H3,(H,31,35)(H,33,34)/b32-16-. The zero-order valence-electron chi connectivity index (χ0n) is 21.3. The molecule has 0 atom stereocenters. The second-order valence-electron chi connectivity index (χ2n) is 8.61. The zero-order chi connectivity index (χ0) is 27.0. The molecule has 198 valence electrons. The summed E-state index contributed by atoms with van der Waals surface area (Å²) in [6.07, 6.45) is 1.49. The molecule has 9 nitrogen and oxygen atoms in total. The van der Waals surface area contributed by atoms with Crippen LogP contribution in [-0.4, -0.2) is 38.0 Å². The van der Waals surface area contributed by atoms with Gasteiger partial charge in [-0.25, -0.2) is 5.43 Å². The molecule has 4 aromatic carbocycles. The van der Waals surface area contributed by atoms with Gasteiger partial charge in [-0.3, -0.25) is 9.59 Å². The highest BCUT2D eigenvalue weighted by molar-refractivity contribution is 5.97. The maximum atomic E-state index is 12.3. The van der Waals surface area contributed by atoms with Crippen LogP contribution in [-0.2, 0) is 11.4 Å². The third kappa shape index (κ3) is 6.27. The van der Waals surface area contributed by atoms with E-state index in [1.807, 2.05) is 43.3 Å². The summed E-state index contributed by atoms with van der Waals surface area (Å²) in [4.78, 5) is 24.5. The van der Waals surface area contributed by atoms with Crippen molar-refractivity contribution in [1.29, 1.82) is 0 Å². The van der Waals surface area contributed by atoms with Gasteiger partial charge in [-0.15, -0.1) is 0 Å². The van der Waals surface area contributed by atoms with Crippen LogP contribution in [0.3, 0.4) is 0 Å². The Kier molecular flexibility index (Phi) is 7.87. The van der Waals surface area contributed by atoms with Crippen LogP contribution in [0.1, 0.15) is 28.4 Å². The number of fused-ring (bicyclic) bond motifs is 2. The van der Waals surface area contributed by atoms with Crippen molar-refractivity contribution in [2.24, 2.45) is 5.10 Å². The number of benzene rings is 4. The van der Waals surface area contributed by atoms with E-state index in [0.717, 1.165) is 16.3 Å². The van der Waals surface area contributed by atoms with Crippen molar-refractivity contribution in [1.82, 2.24) is 10.7 Å². The molecule has 0 aliphatic carbocycles. The first-order valence-corrected chi connectivity index (χ1v) is 12.5. The highest BCUT2D eigenvalue weighted by Crippen LogP contribution is 2.32. The van der Waals surface area contributed by atoms with E-state index in [0.29, 0.717) is 47.3 Å². The Hall–Kier alpha value is -5.05. The molecule has 0 radical (unpaired) electrons. The SMILES string of the molecule is CCOc1cc(/C=N\NC(=O)CNC(=O)c2ccc3c(c2)OCO3)ccc1OCc1cccc2ccccc12. The summed E-state index contributed by atoms with van der Waals surface area (Å²) in [6.45, 7) is 2.63. The Labute approximate surface area is 225 Å². The average molecular weight is 526 g/mol. The summed E-state index contributed by atoms with van der Waals surface area (Å²) in [5, 5.41) is 8.84. The number of carbonyl (C=O) groups is 2. The summed E-state index contributed by atoms with van der Waals surface area (Å²) in [5.74, 6) is 1.37. The lowest BCUT2D eigenvalue weighted by molar-refractivity contribution is -0.120. The molecule has 5 rings (SSSR count). The average Bonchev–Trinajstić information content (AvgIpc) is 3.44. The largest absolute Gasteiger partial charge is 0.490 e. The van der Waals surface area contributed by atoms with Gasteiger partial charge in [-0.2, -0.15) is 5.10 Å². The van der Waals surface area contributed by atoms with E-state index in [-0.39, 0.29) is 13.3 Å². The predicted molar refractivity (Wildman–Crippen MR) is 147 cm³/mol. The maximum Gasteiger partial charge on any atom is 0.259 e. The van der Waals surface area contributed by atoms with Crippen LogP contribution in [0.2, 0.25) is 0 Å². The van der Waals surface area contributed by atoms with Crippen LogP contribution in [0, 0.1) is 0 Å². The van der Waals surface area contributed by atoms with Crippen molar-refractivity contribution < 1.29 is 28.5 Å². The van der Waals surface area contributed by atoms with Crippen molar-refractivity contribution in [2.45, 2.75) is 13.5 Å². The Morgan fingerprint density at radius 3 is 2.67 bits per heavy atom. The van der Waals surface area contributed by atoms with Crippen LogP contribution in [0.5, 0.6) is 23.0 Å². The Morgan fingerprint density at radius 2 is 1.77 bits per heavy atom. The van der Waals surface area contributed by atoms with Crippen molar-refractivity contribution in [3.8, 4) is 23.0 Å². The number of rotatable bonds is 10. The summed E-state index contributed by atoms with van der Waals surface area (Å²) >= 11 is 0. The third-order valence-corrected chi connectivity index (χ3v) is 5.98. The number of nitrogens with zero attached hydrogens (tertiary/aromatic N) is 1. The summed E-state index contributed by atoms with van der Waals surface area (Å²) < 4.78 is 22.4. The van der Waals surface area contributed by atoms with E-state index in [2.05, 4.69) is 34.0 Å². The highest BCUT2D eigenvalue weighted by Gasteiger charge is 2.16. The normalized spacial score (nSPS) is 11.9. The van der Waals surface area contributed by atoms with Crippen molar-refractivity contribution in [3.05, 3.63) is 95.6 Å². The molecule has 9 heteroatoms. The number of amides is 2. The van der Waals surface area contributed by atoms with E-state index in [9.17, 15) is 9.59 Å². The van der Waals surface area contributed by atoms with Gasteiger partial charge in [0, 0.05) is 5.56 Å². The van der Waals surface area contributed by atoms with Crippen molar-refractivity contribution in [2.75, 3.05) is 19.9 Å². The fourth-order valence-electron chi connectivity index (χ4n) is 4.09. The van der Waals surface area contributed by atoms with Gasteiger partial charge in [0.1, 0.15) is 6.61 Å².